The molecule has 0 aromatic rings. The number of allylic oxidation sites excluding steroid dienone is 1. The summed E-state index contributed by atoms with van der Waals surface area (Å²) in [6, 6.07) is 0. The van der Waals surface area contributed by atoms with E-state index in [0.717, 1.165) is 6.42 Å². The highest BCUT2D eigenvalue weighted by Crippen LogP contribution is 2.16. The Morgan fingerprint density at radius 1 is 1.45 bits per heavy atom. The summed E-state index contributed by atoms with van der Waals surface area (Å²) in [4.78, 5) is 0. The van der Waals surface area contributed by atoms with Gasteiger partial charge in [-0.15, -0.1) is 19.6 Å². The molecule has 0 saturated carbocycles. The molecule has 1 unspecified atom stereocenters. The minimum absolute atomic E-state index is 0.442. The van der Waals surface area contributed by atoms with E-state index in [4.69, 9.17) is 6.42 Å². The first-order chi connectivity index (χ1) is 5.18. The third kappa shape index (κ3) is 3.64. The molecule has 11 heavy (non-hydrogen) atoms. The van der Waals surface area contributed by atoms with Gasteiger partial charge >= 0.3 is 0 Å². The molecule has 1 heteroatoms. The van der Waals surface area contributed by atoms with Gasteiger partial charge in [0.05, 0.1) is 0 Å². The zero-order valence-electron chi connectivity index (χ0n) is 6.71. The first-order valence-corrected chi connectivity index (χ1v) is 3.60. The van der Waals surface area contributed by atoms with Crippen molar-refractivity contribution < 1.29 is 5.11 Å². The first kappa shape index (κ1) is 10.0. The number of hydrogen-bond acceptors (Lipinski definition) is 1. The Labute approximate surface area is 68.4 Å². The molecule has 1 atom stereocenters. The van der Waals surface area contributed by atoms with Crippen molar-refractivity contribution in [2.45, 2.75) is 24.9 Å². The highest BCUT2D eigenvalue weighted by molar-refractivity contribution is 5.10. The smallest absolute Gasteiger partial charge is 0.128 e. The fraction of sp³-hybridized carbons (Fsp3) is 0.400. The van der Waals surface area contributed by atoms with Gasteiger partial charge in [-0.2, -0.15) is 0 Å². The summed E-state index contributed by atoms with van der Waals surface area (Å²) in [7, 11) is 0. The maximum absolute atomic E-state index is 9.60. The summed E-state index contributed by atoms with van der Waals surface area (Å²) in [6.45, 7) is 7.07. The van der Waals surface area contributed by atoms with E-state index in [9.17, 15) is 5.11 Å². The SMILES string of the molecule is C#CC(O)(CC=C)CCC=C. The van der Waals surface area contributed by atoms with Gasteiger partial charge in [-0.1, -0.05) is 18.1 Å². The van der Waals surface area contributed by atoms with Crippen LogP contribution < -0.4 is 0 Å². The molecule has 0 radical (unpaired) electrons. The molecular weight excluding hydrogens is 136 g/mol. The van der Waals surface area contributed by atoms with Crippen molar-refractivity contribution in [1.29, 1.82) is 0 Å². The van der Waals surface area contributed by atoms with Crippen LogP contribution in [0.2, 0.25) is 0 Å². The van der Waals surface area contributed by atoms with Crippen LogP contribution in [-0.2, 0) is 0 Å². The van der Waals surface area contributed by atoms with Gasteiger partial charge in [0.2, 0.25) is 0 Å². The van der Waals surface area contributed by atoms with Crippen LogP contribution in [0.15, 0.2) is 25.3 Å². The van der Waals surface area contributed by atoms with Crippen LogP contribution in [0.5, 0.6) is 0 Å². The number of hydrogen-bond donors (Lipinski definition) is 1. The predicted molar refractivity (Wildman–Crippen MR) is 48.0 cm³/mol. The first-order valence-electron chi connectivity index (χ1n) is 3.60. The molecule has 0 aliphatic rings. The average Bonchev–Trinajstić information content (AvgIpc) is 2.02. The lowest BCUT2D eigenvalue weighted by molar-refractivity contribution is 0.0963. The molecule has 0 rings (SSSR count). The van der Waals surface area contributed by atoms with Gasteiger partial charge in [-0.25, -0.2) is 0 Å². The maximum atomic E-state index is 9.60. The van der Waals surface area contributed by atoms with Crippen LogP contribution in [0.4, 0.5) is 0 Å². The van der Waals surface area contributed by atoms with Gasteiger partial charge in [-0.3, -0.25) is 0 Å². The van der Waals surface area contributed by atoms with E-state index in [-0.39, 0.29) is 0 Å². The van der Waals surface area contributed by atoms with Gasteiger partial charge in [-0.05, 0) is 12.8 Å². The Balaban J connectivity index is 4.00. The third-order valence-corrected chi connectivity index (χ3v) is 1.51. The molecule has 0 amide bonds. The van der Waals surface area contributed by atoms with E-state index in [1.54, 1.807) is 12.2 Å². The van der Waals surface area contributed by atoms with Crippen LogP contribution in [0, 0.1) is 12.3 Å². The second-order valence-electron chi connectivity index (χ2n) is 2.50. The maximum Gasteiger partial charge on any atom is 0.128 e. The quantitative estimate of drug-likeness (QED) is 0.468. The van der Waals surface area contributed by atoms with Crippen molar-refractivity contribution in [2.24, 2.45) is 0 Å². The molecule has 1 nitrogen and oxygen atoms in total. The zero-order chi connectivity index (χ0) is 8.74. The van der Waals surface area contributed by atoms with Gasteiger partial charge in [0.1, 0.15) is 5.60 Å². The Hall–Kier alpha value is -1.00. The van der Waals surface area contributed by atoms with Gasteiger partial charge in [0.25, 0.3) is 0 Å². The summed E-state index contributed by atoms with van der Waals surface area (Å²) in [6.07, 6.45) is 10.2. The molecule has 0 heterocycles. The zero-order valence-corrected chi connectivity index (χ0v) is 6.71. The monoisotopic (exact) mass is 150 g/mol. The summed E-state index contributed by atoms with van der Waals surface area (Å²) in [5.74, 6) is 2.35. The minimum atomic E-state index is -1.02. The van der Waals surface area contributed by atoms with E-state index in [0.29, 0.717) is 12.8 Å². The second kappa shape index (κ2) is 4.76. The van der Waals surface area contributed by atoms with E-state index < -0.39 is 5.60 Å². The molecule has 0 aliphatic carbocycles. The molecule has 0 aromatic heterocycles. The molecule has 60 valence electrons. The molecular formula is C10H14O. The molecule has 0 spiro atoms. The minimum Gasteiger partial charge on any atom is -0.377 e. The Bertz CT molecular complexity index is 176. The van der Waals surface area contributed by atoms with Crippen LogP contribution in [0.1, 0.15) is 19.3 Å². The lowest BCUT2D eigenvalue weighted by Gasteiger charge is -2.18. The second-order valence-corrected chi connectivity index (χ2v) is 2.50. The van der Waals surface area contributed by atoms with Crippen LogP contribution >= 0.6 is 0 Å². The van der Waals surface area contributed by atoms with Crippen LogP contribution in [0.3, 0.4) is 0 Å². The van der Waals surface area contributed by atoms with Gasteiger partial charge in [0.15, 0.2) is 0 Å². The number of rotatable bonds is 5. The largest absolute Gasteiger partial charge is 0.377 e. The predicted octanol–water partition coefficient (Wildman–Crippen LogP) is 1.89. The highest BCUT2D eigenvalue weighted by atomic mass is 16.3. The van der Waals surface area contributed by atoms with Gasteiger partial charge < -0.3 is 5.11 Å². The highest BCUT2D eigenvalue weighted by Gasteiger charge is 2.20. The average molecular weight is 150 g/mol. The summed E-state index contributed by atoms with van der Waals surface area (Å²) < 4.78 is 0. The topological polar surface area (TPSA) is 20.2 Å². The van der Waals surface area contributed by atoms with Gasteiger partial charge in [0, 0.05) is 6.42 Å². The fourth-order valence-electron chi connectivity index (χ4n) is 0.813. The number of aliphatic hydroxyl groups is 1. The molecule has 1 N–H and O–H groups in total. The van der Waals surface area contributed by atoms with Crippen LogP contribution in [0.25, 0.3) is 0 Å². The van der Waals surface area contributed by atoms with Crippen molar-refractivity contribution >= 4 is 0 Å². The molecule has 0 fully saturated rings. The van der Waals surface area contributed by atoms with E-state index >= 15 is 0 Å². The lowest BCUT2D eigenvalue weighted by atomic mass is 9.95. The van der Waals surface area contributed by atoms with Crippen molar-refractivity contribution in [3.05, 3.63) is 25.3 Å². The Morgan fingerprint density at radius 2 is 2.09 bits per heavy atom. The Morgan fingerprint density at radius 3 is 2.45 bits per heavy atom. The molecule has 0 aliphatic heterocycles. The van der Waals surface area contributed by atoms with E-state index in [1.165, 1.54) is 0 Å². The van der Waals surface area contributed by atoms with Crippen molar-refractivity contribution in [3.8, 4) is 12.3 Å². The fourth-order valence-corrected chi connectivity index (χ4v) is 0.813. The van der Waals surface area contributed by atoms with Crippen molar-refractivity contribution in [3.63, 3.8) is 0 Å². The van der Waals surface area contributed by atoms with Crippen molar-refractivity contribution in [2.75, 3.05) is 0 Å². The van der Waals surface area contributed by atoms with E-state index in [2.05, 4.69) is 19.1 Å². The lowest BCUT2D eigenvalue weighted by Crippen LogP contribution is -2.24. The normalized spacial score (nSPS) is 14.5. The molecule has 0 saturated heterocycles. The van der Waals surface area contributed by atoms with Crippen molar-refractivity contribution in [1.82, 2.24) is 0 Å². The standard InChI is InChI=1S/C10H14O/c1-4-7-9-10(11,6-3)8-5-2/h3-5,11H,1-2,7-9H2. The molecule has 0 aromatic carbocycles. The third-order valence-electron chi connectivity index (χ3n) is 1.51. The number of terminal acetylenes is 1. The van der Waals surface area contributed by atoms with Crippen LogP contribution in [-0.4, -0.2) is 10.7 Å². The summed E-state index contributed by atoms with van der Waals surface area (Å²) in [5.41, 5.74) is -1.02. The Kier molecular flexibility index (Phi) is 4.33. The van der Waals surface area contributed by atoms with E-state index in [1.807, 2.05) is 0 Å². The summed E-state index contributed by atoms with van der Waals surface area (Å²) >= 11 is 0. The summed E-state index contributed by atoms with van der Waals surface area (Å²) in [5, 5.41) is 9.60. The molecule has 0 bridgehead atoms.